The predicted molar refractivity (Wildman–Crippen MR) is 132 cm³/mol. The van der Waals surface area contributed by atoms with Crippen molar-refractivity contribution in [1.82, 2.24) is 24.4 Å². The van der Waals surface area contributed by atoms with Gasteiger partial charge in [-0.3, -0.25) is 9.36 Å². The summed E-state index contributed by atoms with van der Waals surface area (Å²) in [5.74, 6) is -1.43. The Morgan fingerprint density at radius 3 is 2.29 bits per heavy atom. The largest absolute Gasteiger partial charge is 0.416 e. The molecule has 11 nitrogen and oxygen atoms in total. The Kier molecular flexibility index (Phi) is 9.54. The van der Waals surface area contributed by atoms with E-state index in [2.05, 4.69) is 10.4 Å². The molecule has 19 heteroatoms. The number of carbonyl (C=O) groups is 1. The minimum Gasteiger partial charge on any atom is -0.382 e. The Balaban J connectivity index is 1.95. The van der Waals surface area contributed by atoms with Crippen LogP contribution < -0.4 is 20.9 Å². The van der Waals surface area contributed by atoms with Crippen molar-refractivity contribution in [1.29, 1.82) is 0 Å². The molecule has 0 aliphatic heterocycles. The first kappa shape index (κ1) is 32.1. The second-order valence-electron chi connectivity index (χ2n) is 8.58. The van der Waals surface area contributed by atoms with Gasteiger partial charge < -0.3 is 10.4 Å². The molecule has 0 radical (unpaired) electrons. The zero-order valence-corrected chi connectivity index (χ0v) is 22.0. The van der Waals surface area contributed by atoms with Crippen LogP contribution in [-0.4, -0.2) is 52.6 Å². The van der Waals surface area contributed by atoms with E-state index in [4.69, 9.17) is 16.7 Å². The van der Waals surface area contributed by atoms with Gasteiger partial charge in [-0.15, -0.1) is 5.10 Å². The highest BCUT2D eigenvalue weighted by molar-refractivity contribution is 7.87. The summed E-state index contributed by atoms with van der Waals surface area (Å²) >= 11 is 5.83. The number of aliphatic hydroxyl groups excluding tert-OH is 1. The molecule has 2 atom stereocenters. The van der Waals surface area contributed by atoms with Gasteiger partial charge in [0.05, 0.1) is 18.2 Å². The zero-order chi connectivity index (χ0) is 30.8. The summed E-state index contributed by atoms with van der Waals surface area (Å²) in [5, 5.41) is 20.9. The molecule has 0 aliphatic rings. The van der Waals surface area contributed by atoms with Gasteiger partial charge in [-0.05, 0) is 42.0 Å². The normalized spacial score (nSPS) is 14.1. The number of hydrogen-bond acceptors (Lipinski definition) is 6. The maximum atomic E-state index is 13.2. The van der Waals surface area contributed by atoms with Gasteiger partial charge in [0.25, 0.3) is 10.2 Å². The molecule has 224 valence electrons. The van der Waals surface area contributed by atoms with E-state index in [1.54, 1.807) is 0 Å². The lowest BCUT2D eigenvalue weighted by Crippen LogP contribution is -2.42. The molecular weight excluding hydrogens is 610 g/mol. The van der Waals surface area contributed by atoms with Gasteiger partial charge in [0.15, 0.2) is 11.9 Å². The van der Waals surface area contributed by atoms with E-state index < -0.39 is 71.5 Å². The van der Waals surface area contributed by atoms with E-state index in [-0.39, 0.29) is 22.0 Å². The molecule has 41 heavy (non-hydrogen) atoms. The van der Waals surface area contributed by atoms with E-state index in [0.29, 0.717) is 15.3 Å². The quantitative estimate of drug-likeness (QED) is 0.251. The molecule has 0 bridgehead atoms. The minimum absolute atomic E-state index is 0.110. The number of aromatic nitrogens is 3. The highest BCUT2D eigenvalue weighted by Crippen LogP contribution is 2.31. The Labute approximate surface area is 232 Å². The lowest BCUT2D eigenvalue weighted by molar-refractivity contribution is -0.207. The van der Waals surface area contributed by atoms with Crippen LogP contribution in [-0.2, 0) is 34.3 Å². The highest BCUT2D eigenvalue weighted by Gasteiger charge is 2.39. The summed E-state index contributed by atoms with van der Waals surface area (Å²) in [6.07, 6.45) is -12.8. The number of rotatable bonds is 10. The van der Waals surface area contributed by atoms with Crippen LogP contribution in [0.25, 0.3) is 11.4 Å². The van der Waals surface area contributed by atoms with Gasteiger partial charge in [-0.2, -0.15) is 34.8 Å². The number of nitrogens with one attached hydrogen (secondary N) is 2. The Morgan fingerprint density at radius 2 is 1.73 bits per heavy atom. The van der Waals surface area contributed by atoms with Crippen LogP contribution in [0.5, 0.6) is 0 Å². The summed E-state index contributed by atoms with van der Waals surface area (Å²) in [5.41, 5.74) is -2.40. The molecule has 1 amide bonds. The van der Waals surface area contributed by atoms with Crippen molar-refractivity contribution in [2.75, 3.05) is 6.54 Å². The second kappa shape index (κ2) is 12.2. The van der Waals surface area contributed by atoms with Crippen LogP contribution in [0.4, 0.5) is 26.3 Å². The smallest absolute Gasteiger partial charge is 0.382 e. The molecule has 5 N–H and O–H groups in total. The number of halogens is 7. The molecule has 3 rings (SSSR count). The number of aliphatic hydroxyl groups is 1. The average Bonchev–Trinajstić information content (AvgIpc) is 3.15. The molecular formula is C22H21ClF6N6O5S. The Hall–Kier alpha value is -3.45. The number of carbonyl (C=O) groups excluding carboxylic acids is 1. The highest BCUT2D eigenvalue weighted by atomic mass is 35.5. The zero-order valence-electron chi connectivity index (χ0n) is 20.4. The molecule has 1 heterocycles. The van der Waals surface area contributed by atoms with Gasteiger partial charge in [0.1, 0.15) is 6.54 Å². The number of benzene rings is 2. The summed E-state index contributed by atoms with van der Waals surface area (Å²) in [4.78, 5) is 25.8. The van der Waals surface area contributed by atoms with Crippen LogP contribution in [0, 0.1) is 0 Å². The van der Waals surface area contributed by atoms with Crippen molar-refractivity contribution >= 4 is 27.7 Å². The van der Waals surface area contributed by atoms with E-state index in [1.807, 2.05) is 4.72 Å². The van der Waals surface area contributed by atoms with Crippen LogP contribution >= 0.6 is 11.6 Å². The molecule has 0 saturated heterocycles. The van der Waals surface area contributed by atoms with E-state index in [1.165, 1.54) is 30.3 Å². The fourth-order valence-corrected chi connectivity index (χ4v) is 4.08. The molecule has 0 fully saturated rings. The third-order valence-electron chi connectivity index (χ3n) is 5.49. The van der Waals surface area contributed by atoms with Crippen molar-refractivity contribution < 1.29 is 44.7 Å². The Bertz CT molecular complexity index is 1560. The van der Waals surface area contributed by atoms with Gasteiger partial charge in [0.2, 0.25) is 5.91 Å². The van der Waals surface area contributed by atoms with E-state index in [9.17, 15) is 49.5 Å². The molecule has 0 saturated carbocycles. The maximum Gasteiger partial charge on any atom is 0.416 e. The predicted octanol–water partition coefficient (Wildman–Crippen LogP) is 1.96. The van der Waals surface area contributed by atoms with Crippen LogP contribution in [0.15, 0.2) is 53.3 Å². The number of amides is 1. The topological polar surface area (TPSA) is 161 Å². The number of alkyl halides is 6. The first-order valence-electron chi connectivity index (χ1n) is 11.3. The summed E-state index contributed by atoms with van der Waals surface area (Å²) in [6.45, 7) is -2.91. The summed E-state index contributed by atoms with van der Waals surface area (Å²) in [6, 6.07) is 7.53. The lowest BCUT2D eigenvalue weighted by atomic mass is 10.0. The van der Waals surface area contributed by atoms with Crippen LogP contribution in [0.1, 0.15) is 17.2 Å². The molecule has 2 aromatic carbocycles. The summed E-state index contributed by atoms with van der Waals surface area (Å²) in [7, 11) is -4.35. The van der Waals surface area contributed by atoms with Crippen molar-refractivity contribution in [2.45, 2.75) is 37.6 Å². The van der Waals surface area contributed by atoms with Gasteiger partial charge in [-0.25, -0.2) is 19.3 Å². The van der Waals surface area contributed by atoms with Crippen molar-refractivity contribution in [3.8, 4) is 11.4 Å². The molecule has 3 aromatic rings. The van der Waals surface area contributed by atoms with Gasteiger partial charge in [0, 0.05) is 17.1 Å². The SMILES string of the molecule is NS(=O)(=O)NCC(NC(=O)Cn1nc(-c2ccc(Cl)cc2)n(CC(O)C(F)(F)F)c1=O)c1cccc(C(F)(F)F)c1. The first-order chi connectivity index (χ1) is 18.8. The van der Waals surface area contributed by atoms with Crippen LogP contribution in [0.2, 0.25) is 5.02 Å². The first-order valence-corrected chi connectivity index (χ1v) is 13.2. The van der Waals surface area contributed by atoms with E-state index in [0.717, 1.165) is 12.1 Å². The molecule has 1 aromatic heterocycles. The third kappa shape index (κ3) is 8.77. The van der Waals surface area contributed by atoms with Crippen molar-refractivity contribution in [3.63, 3.8) is 0 Å². The number of nitrogens with two attached hydrogens (primary N) is 1. The fraction of sp³-hybridized carbons (Fsp3) is 0.318. The standard InChI is InChI=1S/C22H21ClF6N6O5S/c23-15-6-4-12(5-7-15)19-33-35(20(38)34(19)10-17(36)22(27,28)29)11-18(37)32-16(9-31-41(30,39)40)13-2-1-3-14(8-13)21(24,25)26/h1-8,16-17,31,36H,9-11H2,(H,32,37)(H2,30,39,40). The molecule has 0 aliphatic carbocycles. The molecule has 0 spiro atoms. The lowest BCUT2D eigenvalue weighted by Gasteiger charge is -2.20. The third-order valence-corrected chi connectivity index (χ3v) is 6.31. The second-order valence-corrected chi connectivity index (χ2v) is 10.4. The Morgan fingerprint density at radius 1 is 1.10 bits per heavy atom. The number of nitrogens with zero attached hydrogens (tertiary/aromatic N) is 3. The van der Waals surface area contributed by atoms with Crippen LogP contribution in [0.3, 0.4) is 0 Å². The van der Waals surface area contributed by atoms with E-state index >= 15 is 0 Å². The maximum absolute atomic E-state index is 13.2. The minimum atomic E-state index is -5.09. The monoisotopic (exact) mass is 630 g/mol. The fourth-order valence-electron chi connectivity index (χ4n) is 3.56. The number of hydrogen-bond donors (Lipinski definition) is 4. The average molecular weight is 631 g/mol. The van der Waals surface area contributed by atoms with Crippen molar-refractivity contribution in [3.05, 3.63) is 75.2 Å². The van der Waals surface area contributed by atoms with Crippen molar-refractivity contribution in [2.24, 2.45) is 5.14 Å². The van der Waals surface area contributed by atoms with Gasteiger partial charge in [-0.1, -0.05) is 23.7 Å². The molecule has 2 unspecified atom stereocenters. The van der Waals surface area contributed by atoms with Gasteiger partial charge >= 0.3 is 18.0 Å². The summed E-state index contributed by atoms with van der Waals surface area (Å²) < 4.78 is 104.